The van der Waals surface area contributed by atoms with E-state index in [0.29, 0.717) is 12.1 Å². The summed E-state index contributed by atoms with van der Waals surface area (Å²) in [5.41, 5.74) is 5.50. The molecule has 0 radical (unpaired) electrons. The monoisotopic (exact) mass is 321 g/mol. The number of carbonyl (C=O) groups excluding carboxylic acids is 2. The fourth-order valence-corrected chi connectivity index (χ4v) is 2.92. The van der Waals surface area contributed by atoms with Gasteiger partial charge < -0.3 is 15.8 Å². The van der Waals surface area contributed by atoms with Gasteiger partial charge in [0, 0.05) is 17.8 Å². The number of anilines is 1. The summed E-state index contributed by atoms with van der Waals surface area (Å²) in [5.74, 6) is -1.44. The van der Waals surface area contributed by atoms with Gasteiger partial charge in [0.2, 0.25) is 5.91 Å². The lowest BCUT2D eigenvalue weighted by Crippen LogP contribution is -2.40. The summed E-state index contributed by atoms with van der Waals surface area (Å²) < 4.78 is 4.59. The standard InChI is InChI=1S/C15H19N3O5/c1-23-15(20)11-8-9(6-7-13(11)18(21)22)17-12-5-3-2-4-10(12)14(16)19/h6-8,10,12,17H,2-5H2,1H3,(H2,16,19). The third-order valence-electron chi connectivity index (χ3n) is 4.08. The molecule has 0 aromatic heterocycles. The summed E-state index contributed by atoms with van der Waals surface area (Å²) >= 11 is 0. The molecule has 0 spiro atoms. The fraction of sp³-hybridized carbons (Fsp3) is 0.467. The van der Waals surface area contributed by atoms with E-state index in [4.69, 9.17) is 5.73 Å². The average molecular weight is 321 g/mol. The van der Waals surface area contributed by atoms with Crippen molar-refractivity contribution in [2.24, 2.45) is 11.7 Å². The largest absolute Gasteiger partial charge is 0.465 e. The Morgan fingerprint density at radius 2 is 2.04 bits per heavy atom. The minimum Gasteiger partial charge on any atom is -0.465 e. The van der Waals surface area contributed by atoms with Crippen LogP contribution in [0.15, 0.2) is 18.2 Å². The van der Waals surface area contributed by atoms with Crippen LogP contribution in [0.2, 0.25) is 0 Å². The van der Waals surface area contributed by atoms with E-state index in [2.05, 4.69) is 10.1 Å². The lowest BCUT2D eigenvalue weighted by molar-refractivity contribution is -0.385. The molecule has 1 aliphatic carbocycles. The van der Waals surface area contributed by atoms with Gasteiger partial charge in [-0.1, -0.05) is 12.8 Å². The van der Waals surface area contributed by atoms with Crippen molar-refractivity contribution in [2.45, 2.75) is 31.7 Å². The molecular formula is C15H19N3O5. The van der Waals surface area contributed by atoms with Gasteiger partial charge in [-0.3, -0.25) is 14.9 Å². The van der Waals surface area contributed by atoms with Crippen LogP contribution in [0.25, 0.3) is 0 Å². The number of ether oxygens (including phenoxy) is 1. The average Bonchev–Trinajstić information content (AvgIpc) is 2.54. The number of carbonyl (C=O) groups is 2. The highest BCUT2D eigenvalue weighted by atomic mass is 16.6. The molecule has 1 amide bonds. The smallest absolute Gasteiger partial charge is 0.344 e. The molecule has 2 atom stereocenters. The van der Waals surface area contributed by atoms with Crippen molar-refractivity contribution in [3.05, 3.63) is 33.9 Å². The maximum Gasteiger partial charge on any atom is 0.344 e. The number of hydrogen-bond donors (Lipinski definition) is 2. The van der Waals surface area contributed by atoms with Gasteiger partial charge >= 0.3 is 5.97 Å². The molecule has 0 bridgehead atoms. The quantitative estimate of drug-likeness (QED) is 0.484. The number of rotatable bonds is 5. The number of nitrogens with one attached hydrogen (secondary N) is 1. The molecule has 0 saturated heterocycles. The number of nitro benzene ring substituents is 1. The van der Waals surface area contributed by atoms with Crippen LogP contribution in [-0.2, 0) is 9.53 Å². The summed E-state index contributed by atoms with van der Waals surface area (Å²) in [6.45, 7) is 0. The Bertz CT molecular complexity index is 632. The van der Waals surface area contributed by atoms with Gasteiger partial charge in [0.1, 0.15) is 5.56 Å². The van der Waals surface area contributed by atoms with Crippen molar-refractivity contribution in [3.8, 4) is 0 Å². The van der Waals surface area contributed by atoms with Crippen LogP contribution in [0.4, 0.5) is 11.4 Å². The number of nitrogens with zero attached hydrogens (tertiary/aromatic N) is 1. The first-order valence-corrected chi connectivity index (χ1v) is 7.36. The molecule has 0 heterocycles. The highest BCUT2D eigenvalue weighted by Crippen LogP contribution is 2.29. The van der Waals surface area contributed by atoms with E-state index < -0.39 is 10.9 Å². The molecule has 3 N–H and O–H groups in total. The highest BCUT2D eigenvalue weighted by Gasteiger charge is 2.30. The molecule has 0 aliphatic heterocycles. The van der Waals surface area contributed by atoms with Gasteiger partial charge in [0.15, 0.2) is 0 Å². The zero-order valence-electron chi connectivity index (χ0n) is 12.8. The van der Waals surface area contributed by atoms with Crippen LogP contribution in [0.1, 0.15) is 36.0 Å². The first kappa shape index (κ1) is 16.7. The number of benzene rings is 1. The summed E-state index contributed by atoms with van der Waals surface area (Å²) in [6.07, 6.45) is 3.40. The van der Waals surface area contributed by atoms with Crippen LogP contribution < -0.4 is 11.1 Å². The molecule has 8 heteroatoms. The first-order chi connectivity index (χ1) is 10.9. The molecule has 1 aliphatic rings. The normalized spacial score (nSPS) is 20.6. The lowest BCUT2D eigenvalue weighted by atomic mass is 9.84. The molecule has 2 rings (SSSR count). The first-order valence-electron chi connectivity index (χ1n) is 7.36. The Balaban J connectivity index is 2.27. The number of nitrogens with two attached hydrogens (primary N) is 1. The molecule has 1 aromatic carbocycles. The van der Waals surface area contributed by atoms with Crippen molar-refractivity contribution in [1.29, 1.82) is 0 Å². The van der Waals surface area contributed by atoms with Crippen molar-refractivity contribution >= 4 is 23.3 Å². The number of nitro groups is 1. The van der Waals surface area contributed by atoms with E-state index in [1.54, 1.807) is 0 Å². The van der Waals surface area contributed by atoms with E-state index in [0.717, 1.165) is 26.4 Å². The predicted octanol–water partition coefficient (Wildman–Crippen LogP) is 1.84. The van der Waals surface area contributed by atoms with E-state index in [9.17, 15) is 19.7 Å². The molecule has 8 nitrogen and oxygen atoms in total. The Morgan fingerprint density at radius 1 is 1.35 bits per heavy atom. The molecule has 2 unspecified atom stereocenters. The lowest BCUT2D eigenvalue weighted by Gasteiger charge is -2.30. The second kappa shape index (κ2) is 7.08. The minimum atomic E-state index is -0.782. The maximum atomic E-state index is 11.7. The third-order valence-corrected chi connectivity index (χ3v) is 4.08. The number of hydrogen-bond acceptors (Lipinski definition) is 6. The Hall–Kier alpha value is -2.64. The number of methoxy groups -OCH3 is 1. The number of amides is 1. The highest BCUT2D eigenvalue weighted by molar-refractivity contribution is 5.95. The van der Waals surface area contributed by atoms with Crippen LogP contribution >= 0.6 is 0 Å². The number of primary amides is 1. The zero-order chi connectivity index (χ0) is 17.0. The van der Waals surface area contributed by atoms with Crippen molar-refractivity contribution in [1.82, 2.24) is 0 Å². The topological polar surface area (TPSA) is 125 Å². The molecule has 23 heavy (non-hydrogen) atoms. The Labute approximate surface area is 133 Å². The van der Waals surface area contributed by atoms with Crippen LogP contribution in [-0.4, -0.2) is 30.0 Å². The van der Waals surface area contributed by atoms with Gasteiger partial charge in [-0.05, 0) is 25.0 Å². The SMILES string of the molecule is COC(=O)c1cc(NC2CCCCC2C(N)=O)ccc1[N+](=O)[O-]. The van der Waals surface area contributed by atoms with Crippen molar-refractivity contribution in [2.75, 3.05) is 12.4 Å². The van der Waals surface area contributed by atoms with Gasteiger partial charge in [-0.15, -0.1) is 0 Å². The minimum absolute atomic E-state index is 0.131. The predicted molar refractivity (Wildman–Crippen MR) is 83.0 cm³/mol. The van der Waals surface area contributed by atoms with Gasteiger partial charge in [0.05, 0.1) is 18.0 Å². The van der Waals surface area contributed by atoms with Crippen molar-refractivity contribution < 1.29 is 19.2 Å². The van der Waals surface area contributed by atoms with E-state index in [1.807, 2.05) is 0 Å². The van der Waals surface area contributed by atoms with Crippen LogP contribution in [0.5, 0.6) is 0 Å². The summed E-state index contributed by atoms with van der Waals surface area (Å²) in [4.78, 5) is 33.6. The van der Waals surface area contributed by atoms with Gasteiger partial charge in [0.25, 0.3) is 5.69 Å². The molecule has 1 aromatic rings. The van der Waals surface area contributed by atoms with Gasteiger partial charge in [-0.2, -0.15) is 0 Å². The summed E-state index contributed by atoms with van der Waals surface area (Å²) in [6, 6.07) is 3.98. The molecule has 124 valence electrons. The maximum absolute atomic E-state index is 11.7. The van der Waals surface area contributed by atoms with E-state index in [1.165, 1.54) is 18.2 Å². The number of esters is 1. The Morgan fingerprint density at radius 3 is 2.65 bits per heavy atom. The zero-order valence-corrected chi connectivity index (χ0v) is 12.8. The van der Waals surface area contributed by atoms with Crippen molar-refractivity contribution in [3.63, 3.8) is 0 Å². The molecule has 1 fully saturated rings. The Kier molecular flexibility index (Phi) is 5.15. The second-order valence-electron chi connectivity index (χ2n) is 5.52. The molecule has 1 saturated carbocycles. The second-order valence-corrected chi connectivity index (χ2v) is 5.52. The van der Waals surface area contributed by atoms with E-state index >= 15 is 0 Å². The molecular weight excluding hydrogens is 302 g/mol. The fourth-order valence-electron chi connectivity index (χ4n) is 2.92. The van der Waals surface area contributed by atoms with Gasteiger partial charge in [-0.25, -0.2) is 4.79 Å². The van der Waals surface area contributed by atoms with Crippen LogP contribution in [0, 0.1) is 16.0 Å². The summed E-state index contributed by atoms with van der Waals surface area (Å²) in [7, 11) is 1.16. The van der Waals surface area contributed by atoms with Crippen LogP contribution in [0.3, 0.4) is 0 Å². The third kappa shape index (κ3) is 3.77. The summed E-state index contributed by atoms with van der Waals surface area (Å²) in [5, 5.41) is 14.2. The van der Waals surface area contributed by atoms with E-state index in [-0.39, 0.29) is 29.1 Å².